The summed E-state index contributed by atoms with van der Waals surface area (Å²) in [6.07, 6.45) is 0. The van der Waals surface area contributed by atoms with E-state index in [1.54, 1.807) is 42.5 Å². The number of benzene rings is 3. The molecule has 0 atom stereocenters. The number of nitrogens with zero attached hydrogens (tertiary/aromatic N) is 1. The van der Waals surface area contributed by atoms with Crippen LogP contribution < -0.4 is 14.4 Å². The van der Waals surface area contributed by atoms with Crippen molar-refractivity contribution in [1.29, 1.82) is 0 Å². The van der Waals surface area contributed by atoms with Crippen LogP contribution in [0.3, 0.4) is 0 Å². The monoisotopic (exact) mass is 512 g/mol. The van der Waals surface area contributed by atoms with Crippen LogP contribution in [0.15, 0.2) is 71.6 Å². The molecule has 0 aliphatic heterocycles. The van der Waals surface area contributed by atoms with Crippen molar-refractivity contribution < 1.29 is 17.9 Å². The molecule has 0 fully saturated rings. The third kappa shape index (κ3) is 5.66. The molecule has 6 nitrogen and oxygen atoms in total. The number of methoxy groups -OCH3 is 1. The van der Waals surface area contributed by atoms with Crippen LogP contribution in [0, 0.1) is 0 Å². The first-order valence-corrected chi connectivity index (χ1v) is 11.9. The molecular formula is C22H19Cl3N2O4S. The van der Waals surface area contributed by atoms with E-state index >= 15 is 0 Å². The average molecular weight is 514 g/mol. The Morgan fingerprint density at radius 1 is 0.969 bits per heavy atom. The van der Waals surface area contributed by atoms with Gasteiger partial charge in [0.1, 0.15) is 12.3 Å². The zero-order valence-corrected chi connectivity index (χ0v) is 20.0. The van der Waals surface area contributed by atoms with Crippen LogP contribution in [0.4, 0.5) is 5.69 Å². The Morgan fingerprint density at radius 2 is 1.62 bits per heavy atom. The lowest BCUT2D eigenvalue weighted by Gasteiger charge is -2.26. The molecule has 0 heterocycles. The van der Waals surface area contributed by atoms with Gasteiger partial charge in [0.25, 0.3) is 10.0 Å². The van der Waals surface area contributed by atoms with E-state index in [0.29, 0.717) is 20.6 Å². The van der Waals surface area contributed by atoms with Gasteiger partial charge < -0.3 is 10.1 Å². The van der Waals surface area contributed by atoms with E-state index in [9.17, 15) is 13.2 Å². The molecule has 0 aliphatic rings. The molecule has 0 unspecified atom stereocenters. The van der Waals surface area contributed by atoms with Crippen molar-refractivity contribution in [3.05, 3.63) is 87.4 Å². The van der Waals surface area contributed by atoms with Gasteiger partial charge in [0.05, 0.1) is 17.7 Å². The number of carbonyl (C=O) groups excluding carboxylic acids is 1. The quantitative estimate of drug-likeness (QED) is 0.451. The number of nitrogens with one attached hydrogen (secondary N) is 1. The second-order valence-corrected chi connectivity index (χ2v) is 9.80. The number of halogens is 3. The number of ether oxygens (including phenoxy) is 1. The van der Waals surface area contributed by atoms with Crippen LogP contribution in [0.25, 0.3) is 0 Å². The first kappa shape index (κ1) is 24.2. The summed E-state index contributed by atoms with van der Waals surface area (Å²) in [7, 11) is -2.70. The Bertz CT molecular complexity index is 1220. The van der Waals surface area contributed by atoms with Gasteiger partial charge in [0, 0.05) is 21.6 Å². The zero-order valence-electron chi connectivity index (χ0n) is 16.9. The Hall–Kier alpha value is -2.45. The van der Waals surface area contributed by atoms with E-state index in [1.165, 1.54) is 31.4 Å². The van der Waals surface area contributed by atoms with Crippen molar-refractivity contribution in [1.82, 2.24) is 5.32 Å². The third-order valence-corrected chi connectivity index (χ3v) is 7.12. The minimum absolute atomic E-state index is 0.0237. The predicted octanol–water partition coefficient (Wildman–Crippen LogP) is 5.17. The molecule has 0 saturated heterocycles. The number of sulfonamides is 1. The van der Waals surface area contributed by atoms with Crippen LogP contribution in [-0.4, -0.2) is 28.0 Å². The standard InChI is InChI=1S/C22H19Cl3N2O4S/c1-31-21-10-9-17(24)12-20(21)27(32(29,30)18-5-3-2-4-6-18)14-22(28)26-13-15-7-8-16(23)11-19(15)25/h2-12H,13-14H2,1H3,(H,26,28). The molecule has 1 N–H and O–H groups in total. The molecule has 10 heteroatoms. The highest BCUT2D eigenvalue weighted by molar-refractivity contribution is 7.92. The highest BCUT2D eigenvalue weighted by Gasteiger charge is 2.29. The minimum atomic E-state index is -4.10. The zero-order chi connectivity index (χ0) is 23.3. The number of anilines is 1. The van der Waals surface area contributed by atoms with Crippen molar-refractivity contribution in [3.8, 4) is 5.75 Å². The molecule has 0 saturated carbocycles. The molecule has 0 aliphatic carbocycles. The van der Waals surface area contributed by atoms with Gasteiger partial charge in [0.2, 0.25) is 5.91 Å². The van der Waals surface area contributed by atoms with Crippen LogP contribution in [0.2, 0.25) is 15.1 Å². The van der Waals surface area contributed by atoms with Crippen LogP contribution in [0.5, 0.6) is 5.75 Å². The lowest BCUT2D eigenvalue weighted by molar-refractivity contribution is -0.119. The normalized spacial score (nSPS) is 11.1. The van der Waals surface area contributed by atoms with Crippen molar-refractivity contribution in [2.45, 2.75) is 11.4 Å². The molecule has 0 spiro atoms. The predicted molar refractivity (Wildman–Crippen MR) is 127 cm³/mol. The molecule has 3 rings (SSSR count). The number of rotatable bonds is 8. The van der Waals surface area contributed by atoms with Gasteiger partial charge in [-0.05, 0) is 48.0 Å². The fourth-order valence-electron chi connectivity index (χ4n) is 2.92. The average Bonchev–Trinajstić information content (AvgIpc) is 2.77. The van der Waals surface area contributed by atoms with E-state index in [2.05, 4.69) is 5.32 Å². The Labute approximate surface area is 201 Å². The maximum atomic E-state index is 13.4. The van der Waals surface area contributed by atoms with Crippen LogP contribution in [0.1, 0.15) is 5.56 Å². The highest BCUT2D eigenvalue weighted by Crippen LogP contribution is 2.34. The topological polar surface area (TPSA) is 75.7 Å². The van der Waals surface area contributed by atoms with Gasteiger partial charge in [-0.3, -0.25) is 9.10 Å². The maximum Gasteiger partial charge on any atom is 0.264 e. The summed E-state index contributed by atoms with van der Waals surface area (Å²) in [5.74, 6) is -0.292. The Kier molecular flexibility index (Phi) is 7.90. The molecular weight excluding hydrogens is 495 g/mol. The van der Waals surface area contributed by atoms with E-state index in [4.69, 9.17) is 39.5 Å². The molecule has 0 bridgehead atoms. The van der Waals surface area contributed by atoms with E-state index in [-0.39, 0.29) is 22.9 Å². The largest absolute Gasteiger partial charge is 0.495 e. The van der Waals surface area contributed by atoms with Gasteiger partial charge in [-0.2, -0.15) is 0 Å². The van der Waals surface area contributed by atoms with Crippen LogP contribution in [-0.2, 0) is 21.4 Å². The molecule has 32 heavy (non-hydrogen) atoms. The van der Waals surface area contributed by atoms with E-state index in [1.807, 2.05) is 0 Å². The number of hydrogen-bond donors (Lipinski definition) is 1. The van der Waals surface area contributed by atoms with Crippen molar-refractivity contribution >= 4 is 56.4 Å². The number of amides is 1. The lowest BCUT2D eigenvalue weighted by Crippen LogP contribution is -2.40. The first-order chi connectivity index (χ1) is 15.2. The smallest absolute Gasteiger partial charge is 0.264 e. The lowest BCUT2D eigenvalue weighted by atomic mass is 10.2. The van der Waals surface area contributed by atoms with Gasteiger partial charge in [-0.15, -0.1) is 0 Å². The van der Waals surface area contributed by atoms with Crippen molar-refractivity contribution in [2.75, 3.05) is 18.0 Å². The summed E-state index contributed by atoms with van der Waals surface area (Å²) < 4.78 is 33.1. The highest BCUT2D eigenvalue weighted by atomic mass is 35.5. The molecule has 3 aromatic carbocycles. The number of carbonyl (C=O) groups is 1. The van der Waals surface area contributed by atoms with Crippen molar-refractivity contribution in [3.63, 3.8) is 0 Å². The van der Waals surface area contributed by atoms with Gasteiger partial charge >= 0.3 is 0 Å². The second kappa shape index (κ2) is 10.4. The van der Waals surface area contributed by atoms with Crippen LogP contribution >= 0.6 is 34.8 Å². The summed E-state index contributed by atoms with van der Waals surface area (Å²) in [6.45, 7) is -0.403. The second-order valence-electron chi connectivity index (χ2n) is 6.65. The first-order valence-electron chi connectivity index (χ1n) is 9.34. The molecule has 1 amide bonds. The summed E-state index contributed by atoms with van der Waals surface area (Å²) in [6, 6.07) is 17.2. The van der Waals surface area contributed by atoms with Gasteiger partial charge in [-0.25, -0.2) is 8.42 Å². The SMILES string of the molecule is COc1ccc(Cl)cc1N(CC(=O)NCc1ccc(Cl)cc1Cl)S(=O)(=O)c1ccccc1. The third-order valence-electron chi connectivity index (χ3n) is 4.52. The molecule has 0 radical (unpaired) electrons. The molecule has 0 aromatic heterocycles. The fourth-order valence-corrected chi connectivity index (χ4v) is 5.01. The summed E-state index contributed by atoms with van der Waals surface area (Å²) in [4.78, 5) is 12.8. The minimum Gasteiger partial charge on any atom is -0.495 e. The summed E-state index contributed by atoms with van der Waals surface area (Å²) in [5.41, 5.74) is 0.783. The van der Waals surface area contributed by atoms with Gasteiger partial charge in [0.15, 0.2) is 0 Å². The maximum absolute atomic E-state index is 13.4. The van der Waals surface area contributed by atoms with E-state index < -0.39 is 22.5 Å². The number of hydrogen-bond acceptors (Lipinski definition) is 4. The summed E-state index contributed by atoms with van der Waals surface area (Å²) in [5, 5.41) is 3.85. The molecule has 168 valence electrons. The Morgan fingerprint density at radius 3 is 2.28 bits per heavy atom. The Balaban J connectivity index is 1.93. The molecule has 3 aromatic rings. The summed E-state index contributed by atoms with van der Waals surface area (Å²) >= 11 is 18.2. The van der Waals surface area contributed by atoms with Crippen molar-refractivity contribution in [2.24, 2.45) is 0 Å². The van der Waals surface area contributed by atoms with Gasteiger partial charge in [-0.1, -0.05) is 59.1 Å². The fraction of sp³-hybridized carbons (Fsp3) is 0.136. The van der Waals surface area contributed by atoms with E-state index in [0.717, 1.165) is 4.31 Å².